The van der Waals surface area contributed by atoms with E-state index >= 15 is 0 Å². The first-order chi connectivity index (χ1) is 17.1. The number of carbonyl (C=O) groups is 2. The smallest absolute Gasteiger partial charge is 0.248 e. The second kappa shape index (κ2) is 12.5. The van der Waals surface area contributed by atoms with Crippen molar-refractivity contribution in [3.05, 3.63) is 54.6 Å². The third kappa shape index (κ3) is 6.72. The van der Waals surface area contributed by atoms with Crippen LogP contribution in [0.3, 0.4) is 0 Å². The van der Waals surface area contributed by atoms with Crippen molar-refractivity contribution in [2.24, 2.45) is 17.8 Å². The van der Waals surface area contributed by atoms with E-state index in [0.29, 0.717) is 19.5 Å². The van der Waals surface area contributed by atoms with Crippen LogP contribution in [0.5, 0.6) is 0 Å². The molecule has 0 radical (unpaired) electrons. The minimum atomic E-state index is -3.94. The lowest BCUT2D eigenvalue weighted by atomic mass is 9.83. The minimum Gasteiger partial charge on any atom is -0.342 e. The van der Waals surface area contributed by atoms with Gasteiger partial charge in [-0.15, -0.1) is 0 Å². The summed E-state index contributed by atoms with van der Waals surface area (Å²) in [5.74, 6) is -2.59. The average Bonchev–Trinajstić information content (AvgIpc) is 2.90. The highest BCUT2D eigenvalue weighted by atomic mass is 32.2. The second-order valence-electron chi connectivity index (χ2n) is 9.88. The van der Waals surface area contributed by atoms with Crippen molar-refractivity contribution in [2.45, 2.75) is 44.4 Å². The fourth-order valence-corrected chi connectivity index (χ4v) is 5.97. The normalized spacial score (nSPS) is 16.1. The SMILES string of the molecule is CC(C)C[C@@H](C(=O)N1CCCCC1)[C@H](CN(C)S(=O)(=O)c1ccc(-c2ccccc2)cc1)C(=O)NO. The standard InChI is InChI=1S/C27H37N3O5S/c1-20(2)18-24(27(32)30-16-8-5-9-17-30)25(26(31)28-33)19-29(3)36(34,35)23-14-12-22(13-15-23)21-10-6-4-7-11-21/h4,6-7,10-15,20,24-25,33H,5,8-9,16-19H2,1-3H3,(H,28,31)/t24-,25+/m1/s1. The van der Waals surface area contributed by atoms with Crippen molar-refractivity contribution < 1.29 is 23.2 Å². The first kappa shape index (κ1) is 27.8. The van der Waals surface area contributed by atoms with Crippen LogP contribution >= 0.6 is 0 Å². The number of nitrogens with one attached hydrogen (secondary N) is 1. The molecule has 1 aliphatic rings. The number of likely N-dealkylation sites (tertiary alicyclic amines) is 1. The topological polar surface area (TPSA) is 107 Å². The first-order valence-electron chi connectivity index (χ1n) is 12.5. The van der Waals surface area contributed by atoms with Crippen LogP contribution in [0.15, 0.2) is 59.5 Å². The number of rotatable bonds is 10. The molecular formula is C27H37N3O5S. The van der Waals surface area contributed by atoms with Gasteiger partial charge in [0, 0.05) is 26.7 Å². The largest absolute Gasteiger partial charge is 0.342 e. The van der Waals surface area contributed by atoms with Crippen LogP contribution in [0.4, 0.5) is 0 Å². The van der Waals surface area contributed by atoms with Crippen molar-refractivity contribution in [3.63, 3.8) is 0 Å². The average molecular weight is 516 g/mol. The molecule has 2 aromatic carbocycles. The molecule has 0 unspecified atom stereocenters. The molecule has 196 valence electrons. The zero-order chi connectivity index (χ0) is 26.3. The minimum absolute atomic E-state index is 0.0932. The summed E-state index contributed by atoms with van der Waals surface area (Å²) < 4.78 is 27.9. The van der Waals surface area contributed by atoms with Gasteiger partial charge in [0.1, 0.15) is 0 Å². The van der Waals surface area contributed by atoms with E-state index in [-0.39, 0.29) is 23.3 Å². The van der Waals surface area contributed by atoms with E-state index in [1.165, 1.54) is 7.05 Å². The summed E-state index contributed by atoms with van der Waals surface area (Å²) in [6.45, 7) is 4.94. The maximum Gasteiger partial charge on any atom is 0.248 e. The van der Waals surface area contributed by atoms with Gasteiger partial charge in [0.25, 0.3) is 0 Å². The quantitative estimate of drug-likeness (QED) is 0.370. The Kier molecular flexibility index (Phi) is 9.64. The van der Waals surface area contributed by atoms with Crippen LogP contribution in [-0.4, -0.2) is 61.3 Å². The molecule has 9 heteroatoms. The van der Waals surface area contributed by atoms with Gasteiger partial charge in [-0.1, -0.05) is 56.3 Å². The molecule has 8 nitrogen and oxygen atoms in total. The van der Waals surface area contributed by atoms with Gasteiger partial charge in [-0.2, -0.15) is 0 Å². The van der Waals surface area contributed by atoms with Crippen molar-refractivity contribution in [1.29, 1.82) is 0 Å². The fourth-order valence-electron chi connectivity index (χ4n) is 4.77. The molecule has 3 rings (SSSR count). The number of piperidine rings is 1. The molecule has 0 saturated carbocycles. The Hall–Kier alpha value is -2.75. The fraction of sp³-hybridized carbons (Fsp3) is 0.481. The number of hydroxylamine groups is 1. The number of sulfonamides is 1. The Labute approximate surface area is 214 Å². The van der Waals surface area contributed by atoms with Gasteiger partial charge in [-0.3, -0.25) is 14.8 Å². The van der Waals surface area contributed by atoms with E-state index in [1.807, 2.05) is 44.2 Å². The molecule has 1 heterocycles. The van der Waals surface area contributed by atoms with Crippen LogP contribution in [0, 0.1) is 17.8 Å². The molecule has 0 bridgehead atoms. The lowest BCUT2D eigenvalue weighted by Crippen LogP contribution is -2.49. The van der Waals surface area contributed by atoms with E-state index in [2.05, 4.69) is 0 Å². The highest BCUT2D eigenvalue weighted by Gasteiger charge is 2.39. The Morgan fingerprint density at radius 2 is 1.53 bits per heavy atom. The van der Waals surface area contributed by atoms with Crippen molar-refractivity contribution in [1.82, 2.24) is 14.7 Å². The molecule has 1 saturated heterocycles. The number of nitrogens with zero attached hydrogens (tertiary/aromatic N) is 2. The zero-order valence-corrected chi connectivity index (χ0v) is 22.1. The van der Waals surface area contributed by atoms with Crippen molar-refractivity contribution in [3.8, 4) is 11.1 Å². The Morgan fingerprint density at radius 1 is 0.944 bits per heavy atom. The van der Waals surface area contributed by atoms with Gasteiger partial charge in [0.05, 0.1) is 16.7 Å². The second-order valence-corrected chi connectivity index (χ2v) is 11.9. The predicted molar refractivity (Wildman–Crippen MR) is 138 cm³/mol. The lowest BCUT2D eigenvalue weighted by molar-refractivity contribution is -0.146. The van der Waals surface area contributed by atoms with E-state index in [4.69, 9.17) is 0 Å². The summed E-state index contributed by atoms with van der Waals surface area (Å²) in [5.41, 5.74) is 3.53. The summed E-state index contributed by atoms with van der Waals surface area (Å²) in [6.07, 6.45) is 3.28. The van der Waals surface area contributed by atoms with Crippen molar-refractivity contribution >= 4 is 21.8 Å². The number of hydrogen-bond acceptors (Lipinski definition) is 5. The Morgan fingerprint density at radius 3 is 2.08 bits per heavy atom. The summed E-state index contributed by atoms with van der Waals surface area (Å²) >= 11 is 0. The molecule has 2 amide bonds. The molecular weight excluding hydrogens is 478 g/mol. The number of hydrogen-bond donors (Lipinski definition) is 2. The van der Waals surface area contributed by atoms with Gasteiger partial charge in [0.15, 0.2) is 0 Å². The predicted octanol–water partition coefficient (Wildman–Crippen LogP) is 3.77. The van der Waals surface area contributed by atoms with E-state index in [1.54, 1.807) is 34.6 Å². The summed E-state index contributed by atoms with van der Waals surface area (Å²) in [4.78, 5) is 28.1. The van der Waals surface area contributed by atoms with Gasteiger partial charge < -0.3 is 4.90 Å². The molecule has 0 aliphatic carbocycles. The highest BCUT2D eigenvalue weighted by Crippen LogP contribution is 2.28. The maximum absolute atomic E-state index is 13.5. The molecule has 0 spiro atoms. The van der Waals surface area contributed by atoms with Crippen molar-refractivity contribution in [2.75, 3.05) is 26.7 Å². The van der Waals surface area contributed by atoms with Gasteiger partial charge >= 0.3 is 0 Å². The third-order valence-corrected chi connectivity index (χ3v) is 8.60. The van der Waals surface area contributed by atoms with Crippen LogP contribution in [0.2, 0.25) is 0 Å². The highest BCUT2D eigenvalue weighted by molar-refractivity contribution is 7.89. The maximum atomic E-state index is 13.5. The molecule has 36 heavy (non-hydrogen) atoms. The van der Waals surface area contributed by atoms with Gasteiger partial charge in [0.2, 0.25) is 21.8 Å². The molecule has 1 fully saturated rings. The van der Waals surface area contributed by atoms with E-state index in [0.717, 1.165) is 34.7 Å². The van der Waals surface area contributed by atoms with Gasteiger partial charge in [-0.05, 0) is 54.9 Å². The molecule has 2 atom stereocenters. The summed E-state index contributed by atoms with van der Waals surface area (Å²) in [6, 6.07) is 16.2. The summed E-state index contributed by atoms with van der Waals surface area (Å²) in [5, 5.41) is 9.46. The lowest BCUT2D eigenvalue weighted by Gasteiger charge is -2.35. The third-order valence-electron chi connectivity index (χ3n) is 6.77. The molecule has 2 aromatic rings. The van der Waals surface area contributed by atoms with Crippen LogP contribution in [0.25, 0.3) is 11.1 Å². The van der Waals surface area contributed by atoms with Crippen LogP contribution in [0.1, 0.15) is 39.5 Å². The molecule has 0 aromatic heterocycles. The Balaban J connectivity index is 1.85. The van der Waals surface area contributed by atoms with E-state index < -0.39 is 27.8 Å². The zero-order valence-electron chi connectivity index (χ0n) is 21.3. The Bertz CT molecular complexity index is 1110. The van der Waals surface area contributed by atoms with Crippen LogP contribution in [-0.2, 0) is 19.6 Å². The van der Waals surface area contributed by atoms with E-state index in [9.17, 15) is 23.2 Å². The number of benzene rings is 2. The van der Waals surface area contributed by atoms with Gasteiger partial charge in [-0.25, -0.2) is 18.2 Å². The monoisotopic (exact) mass is 515 g/mol. The van der Waals surface area contributed by atoms with Crippen LogP contribution < -0.4 is 5.48 Å². The number of carbonyl (C=O) groups excluding carboxylic acids is 2. The number of amides is 2. The first-order valence-corrected chi connectivity index (χ1v) is 13.9. The summed E-state index contributed by atoms with van der Waals surface area (Å²) in [7, 11) is -2.54. The molecule has 1 aliphatic heterocycles. The molecule has 2 N–H and O–H groups in total.